The summed E-state index contributed by atoms with van der Waals surface area (Å²) in [5, 5.41) is 11.3. The molecule has 0 fully saturated rings. The predicted molar refractivity (Wildman–Crippen MR) is 150 cm³/mol. The molecule has 0 aliphatic carbocycles. The molecule has 4 rings (SSSR count). The Morgan fingerprint density at radius 1 is 0.919 bits per heavy atom. The van der Waals surface area contributed by atoms with Gasteiger partial charge in [0, 0.05) is 23.4 Å². The minimum atomic E-state index is -0.367. The average Bonchev–Trinajstić information content (AvgIpc) is 3.28. The summed E-state index contributed by atoms with van der Waals surface area (Å²) in [7, 11) is 0. The number of carbonyl (C=O) groups is 2. The first-order valence-corrected chi connectivity index (χ1v) is 12.5. The maximum Gasteiger partial charge on any atom is 0.322 e. The van der Waals surface area contributed by atoms with Gasteiger partial charge in [-0.3, -0.25) is 4.79 Å². The molecule has 37 heavy (non-hydrogen) atoms. The number of urea groups is 1. The number of nitrogens with zero attached hydrogens (tertiary/aromatic N) is 3. The lowest BCUT2D eigenvalue weighted by atomic mass is 10.1. The van der Waals surface area contributed by atoms with Crippen LogP contribution in [0.1, 0.15) is 19.4 Å². The van der Waals surface area contributed by atoms with Gasteiger partial charge in [0.1, 0.15) is 12.4 Å². The predicted octanol–water partition coefficient (Wildman–Crippen LogP) is 7.04. The smallest absolute Gasteiger partial charge is 0.313 e. The van der Waals surface area contributed by atoms with E-state index in [1.54, 1.807) is 28.9 Å². The number of aromatic nitrogens is 2. The van der Waals surface area contributed by atoms with E-state index in [1.165, 1.54) is 4.90 Å². The lowest BCUT2D eigenvalue weighted by molar-refractivity contribution is -0.117. The van der Waals surface area contributed by atoms with Gasteiger partial charge in [-0.25, -0.2) is 9.48 Å². The second-order valence-electron chi connectivity index (χ2n) is 8.86. The van der Waals surface area contributed by atoms with Crippen molar-refractivity contribution in [2.75, 3.05) is 17.2 Å². The van der Waals surface area contributed by atoms with Crippen LogP contribution in [-0.4, -0.2) is 39.2 Å². The number of carbonyl (C=O) groups excluding carboxylic acids is 2. The molecule has 1 heterocycles. The Morgan fingerprint density at radius 3 is 2.35 bits per heavy atom. The van der Waals surface area contributed by atoms with E-state index in [1.807, 2.05) is 75.4 Å². The molecular formula is C28H27Cl2N5O2. The molecule has 0 atom stereocenters. The summed E-state index contributed by atoms with van der Waals surface area (Å²) >= 11 is 12.4. The molecule has 3 amide bonds. The van der Waals surface area contributed by atoms with Crippen molar-refractivity contribution < 1.29 is 9.59 Å². The largest absolute Gasteiger partial charge is 0.322 e. The van der Waals surface area contributed by atoms with Crippen LogP contribution in [0.4, 0.5) is 16.3 Å². The zero-order chi connectivity index (χ0) is 26.5. The molecule has 2 N–H and O–H groups in total. The van der Waals surface area contributed by atoms with Crippen molar-refractivity contribution >= 4 is 46.6 Å². The van der Waals surface area contributed by atoms with E-state index >= 15 is 0 Å². The lowest BCUT2D eigenvalue weighted by Gasteiger charge is -2.26. The highest BCUT2D eigenvalue weighted by Gasteiger charge is 2.22. The van der Waals surface area contributed by atoms with Crippen molar-refractivity contribution in [3.8, 4) is 16.9 Å². The number of halogens is 2. The van der Waals surface area contributed by atoms with Gasteiger partial charge in [-0.05, 0) is 56.7 Å². The topological polar surface area (TPSA) is 79.3 Å². The van der Waals surface area contributed by atoms with Crippen LogP contribution in [0.15, 0.2) is 78.9 Å². The summed E-state index contributed by atoms with van der Waals surface area (Å²) in [6.45, 7) is 5.51. The fourth-order valence-electron chi connectivity index (χ4n) is 3.78. The van der Waals surface area contributed by atoms with Gasteiger partial charge in [0.05, 0.1) is 21.4 Å². The number of hydrogen-bond donors (Lipinski definition) is 2. The molecule has 0 unspecified atom stereocenters. The summed E-state index contributed by atoms with van der Waals surface area (Å²) in [4.78, 5) is 27.6. The molecule has 7 nitrogen and oxygen atoms in total. The third-order valence-corrected chi connectivity index (χ3v) is 6.40. The van der Waals surface area contributed by atoms with E-state index in [2.05, 4.69) is 10.6 Å². The average molecular weight is 536 g/mol. The molecule has 0 aliphatic heterocycles. The van der Waals surface area contributed by atoms with Crippen LogP contribution in [0.25, 0.3) is 16.9 Å². The number of benzene rings is 3. The highest BCUT2D eigenvalue weighted by atomic mass is 35.5. The first-order chi connectivity index (χ1) is 17.7. The Hall–Kier alpha value is -3.81. The van der Waals surface area contributed by atoms with Crippen LogP contribution in [0.5, 0.6) is 0 Å². The Balaban J connectivity index is 1.58. The minimum Gasteiger partial charge on any atom is -0.313 e. The number of aryl methyl sites for hydroxylation is 1. The molecule has 0 radical (unpaired) electrons. The molecule has 9 heteroatoms. The molecule has 3 aromatic carbocycles. The fourth-order valence-corrected chi connectivity index (χ4v) is 4.07. The van der Waals surface area contributed by atoms with Gasteiger partial charge in [-0.15, -0.1) is 0 Å². The summed E-state index contributed by atoms with van der Waals surface area (Å²) in [5.74, 6) is 0.0685. The van der Waals surface area contributed by atoms with E-state index in [0.29, 0.717) is 32.9 Å². The number of hydrogen-bond acceptors (Lipinski definition) is 3. The molecule has 0 spiro atoms. The van der Waals surface area contributed by atoms with Crippen molar-refractivity contribution in [2.24, 2.45) is 0 Å². The third kappa shape index (κ3) is 6.50. The van der Waals surface area contributed by atoms with Gasteiger partial charge in [0.15, 0.2) is 0 Å². The summed E-state index contributed by atoms with van der Waals surface area (Å²) in [5.41, 5.74) is 3.88. The van der Waals surface area contributed by atoms with Gasteiger partial charge in [-0.2, -0.15) is 5.10 Å². The fraction of sp³-hybridized carbons (Fsp3) is 0.179. The number of rotatable bonds is 7. The van der Waals surface area contributed by atoms with Crippen molar-refractivity contribution in [3.05, 3.63) is 94.5 Å². The zero-order valence-corrected chi connectivity index (χ0v) is 22.2. The van der Waals surface area contributed by atoms with Crippen molar-refractivity contribution in [2.45, 2.75) is 26.8 Å². The molecule has 0 saturated heterocycles. The normalized spacial score (nSPS) is 10.9. The number of nitrogens with one attached hydrogen (secondary N) is 2. The van der Waals surface area contributed by atoms with E-state index in [0.717, 1.165) is 11.1 Å². The summed E-state index contributed by atoms with van der Waals surface area (Å²) in [6, 6.07) is 23.4. The molecule has 1 aromatic heterocycles. The van der Waals surface area contributed by atoms with Gasteiger partial charge in [0.2, 0.25) is 5.91 Å². The highest BCUT2D eigenvalue weighted by Crippen LogP contribution is 2.29. The Kier molecular flexibility index (Phi) is 8.16. The van der Waals surface area contributed by atoms with Crippen molar-refractivity contribution in [1.29, 1.82) is 0 Å². The second-order valence-corrected chi connectivity index (χ2v) is 9.67. The maximum absolute atomic E-state index is 13.2. The van der Waals surface area contributed by atoms with Crippen LogP contribution in [-0.2, 0) is 4.79 Å². The van der Waals surface area contributed by atoms with Crippen LogP contribution < -0.4 is 10.6 Å². The lowest BCUT2D eigenvalue weighted by Crippen LogP contribution is -2.44. The zero-order valence-electron chi connectivity index (χ0n) is 20.7. The first-order valence-electron chi connectivity index (χ1n) is 11.8. The second kappa shape index (κ2) is 11.5. The molecular weight excluding hydrogens is 509 g/mol. The number of amides is 3. The van der Waals surface area contributed by atoms with E-state index in [-0.39, 0.29) is 24.5 Å². The van der Waals surface area contributed by atoms with Crippen LogP contribution in [0.2, 0.25) is 10.0 Å². The SMILES string of the molecule is Cc1cccc(NC(=O)N(CC(=O)Nc2cc(-c3ccccc3)nn2-c2ccc(Cl)c(Cl)c2)C(C)C)c1. The highest BCUT2D eigenvalue weighted by molar-refractivity contribution is 6.42. The first kappa shape index (κ1) is 26.3. The monoisotopic (exact) mass is 535 g/mol. The van der Waals surface area contributed by atoms with Gasteiger partial charge in [0.25, 0.3) is 0 Å². The molecule has 0 saturated carbocycles. The standard InChI is InChI=1S/C28H27Cl2N5O2/c1-18(2)34(28(37)31-21-11-7-8-19(3)14-21)17-27(36)32-26-16-25(20-9-5-4-6-10-20)33-35(26)22-12-13-23(29)24(30)15-22/h4-16,18H,17H2,1-3H3,(H,31,37)(H,32,36). The van der Waals surface area contributed by atoms with Crippen molar-refractivity contribution in [1.82, 2.24) is 14.7 Å². The number of anilines is 2. The molecule has 0 bridgehead atoms. The van der Waals surface area contributed by atoms with Crippen LogP contribution >= 0.6 is 23.2 Å². The summed E-state index contributed by atoms with van der Waals surface area (Å²) < 4.78 is 1.59. The Labute approximate surface area is 226 Å². The summed E-state index contributed by atoms with van der Waals surface area (Å²) in [6.07, 6.45) is 0. The Morgan fingerprint density at radius 2 is 1.68 bits per heavy atom. The molecule has 190 valence electrons. The Bertz CT molecular complexity index is 1420. The van der Waals surface area contributed by atoms with E-state index in [4.69, 9.17) is 28.3 Å². The van der Waals surface area contributed by atoms with Crippen LogP contribution in [0, 0.1) is 6.92 Å². The third-order valence-electron chi connectivity index (χ3n) is 5.66. The van der Waals surface area contributed by atoms with E-state index < -0.39 is 0 Å². The van der Waals surface area contributed by atoms with Crippen molar-refractivity contribution in [3.63, 3.8) is 0 Å². The molecule has 0 aliphatic rings. The van der Waals surface area contributed by atoms with Gasteiger partial charge >= 0.3 is 6.03 Å². The molecule has 4 aromatic rings. The van der Waals surface area contributed by atoms with Gasteiger partial charge < -0.3 is 15.5 Å². The van der Waals surface area contributed by atoms with Crippen LogP contribution in [0.3, 0.4) is 0 Å². The maximum atomic E-state index is 13.2. The van der Waals surface area contributed by atoms with Gasteiger partial charge in [-0.1, -0.05) is 65.7 Å². The van der Waals surface area contributed by atoms with E-state index in [9.17, 15) is 9.59 Å². The quantitative estimate of drug-likeness (QED) is 0.266. The minimum absolute atomic E-state index is 0.150.